The number of benzene rings is 1. The average molecular weight is 337 g/mol. The first kappa shape index (κ1) is 14.9. The minimum Gasteiger partial charge on any atom is -0.479 e. The van der Waals surface area contributed by atoms with Gasteiger partial charge in [-0.25, -0.2) is 13.6 Å². The fourth-order valence-electron chi connectivity index (χ4n) is 1.25. The van der Waals surface area contributed by atoms with Crippen molar-refractivity contribution in [1.29, 1.82) is 0 Å². The fraction of sp³-hybridized carbons (Fsp3) is 0.300. The summed E-state index contributed by atoms with van der Waals surface area (Å²) in [5.41, 5.74) is 0. The minimum absolute atomic E-state index is 0.0387. The van der Waals surface area contributed by atoms with Gasteiger partial charge in [0.25, 0.3) is 5.91 Å². The summed E-state index contributed by atoms with van der Waals surface area (Å²) >= 11 is 3.14. The second kappa shape index (κ2) is 5.68. The van der Waals surface area contributed by atoms with Gasteiger partial charge in [-0.05, 0) is 25.1 Å². The zero-order valence-corrected chi connectivity index (χ0v) is 12.2. The first-order chi connectivity index (χ1) is 8.25. The number of hydrogen-bond donors (Lipinski definition) is 2. The maximum atomic E-state index is 11.4. The van der Waals surface area contributed by atoms with E-state index in [0.717, 1.165) is 0 Å². The normalized spacial score (nSPS) is 12.9. The molecule has 100 valence electrons. The first-order valence-corrected chi connectivity index (χ1v) is 7.30. The Balaban J connectivity index is 3.14. The van der Waals surface area contributed by atoms with Gasteiger partial charge in [-0.15, -0.1) is 0 Å². The van der Waals surface area contributed by atoms with Crippen molar-refractivity contribution < 1.29 is 17.9 Å². The number of amides is 1. The molecule has 1 amide bonds. The molecule has 0 heterocycles. The summed E-state index contributed by atoms with van der Waals surface area (Å²) in [5.74, 6) is -0.324. The molecule has 3 N–H and O–H groups in total. The van der Waals surface area contributed by atoms with E-state index in [1.54, 1.807) is 6.07 Å². The topological polar surface area (TPSA) is 98.5 Å². The third-order valence-corrected chi connectivity index (χ3v) is 3.56. The molecule has 0 aromatic heterocycles. The predicted octanol–water partition coefficient (Wildman–Crippen LogP) is 0.610. The van der Waals surface area contributed by atoms with Crippen LogP contribution in [0.15, 0.2) is 27.6 Å². The number of nitrogens with two attached hydrogens (primary N) is 1. The predicted molar refractivity (Wildman–Crippen MR) is 69.7 cm³/mol. The molecule has 0 bridgehead atoms. The molecule has 0 aliphatic rings. The molecule has 1 aromatic rings. The van der Waals surface area contributed by atoms with Crippen LogP contribution in [0, 0.1) is 0 Å². The fourth-order valence-corrected chi connectivity index (χ4v) is 2.45. The van der Waals surface area contributed by atoms with E-state index in [9.17, 15) is 13.2 Å². The van der Waals surface area contributed by atoms with Gasteiger partial charge in [0.2, 0.25) is 10.0 Å². The number of sulfonamides is 1. The van der Waals surface area contributed by atoms with Crippen molar-refractivity contribution in [3.63, 3.8) is 0 Å². The smallest absolute Gasteiger partial charge is 0.260 e. The van der Waals surface area contributed by atoms with Gasteiger partial charge >= 0.3 is 0 Å². The van der Waals surface area contributed by atoms with Gasteiger partial charge in [-0.1, -0.05) is 15.9 Å². The Morgan fingerprint density at radius 3 is 2.61 bits per heavy atom. The van der Waals surface area contributed by atoms with Crippen molar-refractivity contribution in [1.82, 2.24) is 5.32 Å². The van der Waals surface area contributed by atoms with E-state index in [1.165, 1.54) is 26.1 Å². The Morgan fingerprint density at radius 1 is 1.50 bits per heavy atom. The zero-order valence-electron chi connectivity index (χ0n) is 9.81. The van der Waals surface area contributed by atoms with Crippen LogP contribution < -0.4 is 15.2 Å². The van der Waals surface area contributed by atoms with Gasteiger partial charge in [0.15, 0.2) is 6.10 Å². The molecule has 1 aromatic carbocycles. The summed E-state index contributed by atoms with van der Waals surface area (Å²) in [4.78, 5) is 11.1. The Hall–Kier alpha value is -1.12. The molecule has 1 unspecified atom stereocenters. The highest BCUT2D eigenvalue weighted by atomic mass is 79.9. The number of nitrogens with one attached hydrogen (secondary N) is 1. The molecule has 0 saturated heterocycles. The van der Waals surface area contributed by atoms with E-state index in [4.69, 9.17) is 9.88 Å². The van der Waals surface area contributed by atoms with Gasteiger partial charge in [0.05, 0.1) is 0 Å². The Bertz CT molecular complexity index is 559. The molecular formula is C10H13BrN2O4S. The lowest BCUT2D eigenvalue weighted by Gasteiger charge is -2.15. The molecule has 1 rings (SSSR count). The van der Waals surface area contributed by atoms with E-state index >= 15 is 0 Å². The van der Waals surface area contributed by atoms with Gasteiger partial charge < -0.3 is 10.1 Å². The number of likely N-dealkylation sites (N-methyl/N-ethyl adjacent to an activating group) is 1. The quantitative estimate of drug-likeness (QED) is 0.841. The summed E-state index contributed by atoms with van der Waals surface area (Å²) in [5, 5.41) is 7.48. The molecule has 0 aliphatic carbocycles. The number of ether oxygens (including phenoxy) is 1. The zero-order chi connectivity index (χ0) is 13.9. The van der Waals surface area contributed by atoms with Gasteiger partial charge in [-0.2, -0.15) is 0 Å². The second-order valence-electron chi connectivity index (χ2n) is 3.51. The summed E-state index contributed by atoms with van der Waals surface area (Å²) in [7, 11) is -2.46. The van der Waals surface area contributed by atoms with Crippen LogP contribution in [0.2, 0.25) is 0 Å². The van der Waals surface area contributed by atoms with E-state index in [-0.39, 0.29) is 16.6 Å². The SMILES string of the molecule is CNC(=O)C(C)Oc1ccc(Br)cc1S(N)(=O)=O. The Labute approximate surface area is 114 Å². The van der Waals surface area contributed by atoms with Crippen LogP contribution >= 0.6 is 15.9 Å². The molecular weight excluding hydrogens is 324 g/mol. The number of rotatable bonds is 4. The third-order valence-electron chi connectivity index (χ3n) is 2.13. The summed E-state index contributed by atoms with van der Waals surface area (Å²) < 4.78 is 28.6. The van der Waals surface area contributed by atoms with Crippen molar-refractivity contribution in [2.75, 3.05) is 7.05 Å². The monoisotopic (exact) mass is 336 g/mol. The van der Waals surface area contributed by atoms with Crippen LogP contribution in [-0.4, -0.2) is 27.5 Å². The van der Waals surface area contributed by atoms with Crippen molar-refractivity contribution >= 4 is 31.9 Å². The molecule has 0 radical (unpaired) electrons. The van der Waals surface area contributed by atoms with Gasteiger partial charge in [0.1, 0.15) is 10.6 Å². The van der Waals surface area contributed by atoms with Crippen LogP contribution in [0.1, 0.15) is 6.92 Å². The maximum absolute atomic E-state index is 11.4. The number of carbonyl (C=O) groups excluding carboxylic acids is 1. The Morgan fingerprint density at radius 2 is 2.11 bits per heavy atom. The van der Waals surface area contributed by atoms with Crippen LogP contribution in [-0.2, 0) is 14.8 Å². The standard InChI is InChI=1S/C10H13BrN2O4S/c1-6(10(14)13-2)17-8-4-3-7(11)5-9(8)18(12,15)16/h3-6H,1-2H3,(H,13,14)(H2,12,15,16). The number of primary sulfonamides is 1. The van der Waals surface area contributed by atoms with E-state index in [1.807, 2.05) is 0 Å². The van der Waals surface area contributed by atoms with Crippen molar-refractivity contribution in [3.8, 4) is 5.75 Å². The number of hydrogen-bond acceptors (Lipinski definition) is 4. The van der Waals surface area contributed by atoms with Crippen molar-refractivity contribution in [3.05, 3.63) is 22.7 Å². The van der Waals surface area contributed by atoms with Crippen molar-refractivity contribution in [2.45, 2.75) is 17.9 Å². The summed E-state index contributed by atoms with van der Waals surface area (Å²) in [6, 6.07) is 4.35. The maximum Gasteiger partial charge on any atom is 0.260 e. The lowest BCUT2D eigenvalue weighted by atomic mass is 10.3. The third kappa shape index (κ3) is 3.69. The highest BCUT2D eigenvalue weighted by Crippen LogP contribution is 2.27. The highest BCUT2D eigenvalue weighted by Gasteiger charge is 2.20. The molecule has 0 saturated carbocycles. The molecule has 6 nitrogen and oxygen atoms in total. The molecule has 18 heavy (non-hydrogen) atoms. The van der Waals surface area contributed by atoms with E-state index < -0.39 is 16.1 Å². The molecule has 0 spiro atoms. The van der Waals surface area contributed by atoms with Gasteiger partial charge in [-0.3, -0.25) is 4.79 Å². The molecule has 8 heteroatoms. The number of halogens is 1. The van der Waals surface area contributed by atoms with Gasteiger partial charge in [0, 0.05) is 11.5 Å². The number of carbonyl (C=O) groups is 1. The van der Waals surface area contributed by atoms with Crippen molar-refractivity contribution in [2.24, 2.45) is 5.14 Å². The molecule has 0 aliphatic heterocycles. The molecule has 1 atom stereocenters. The average Bonchev–Trinajstić information content (AvgIpc) is 2.28. The largest absolute Gasteiger partial charge is 0.479 e. The Kier molecular flexibility index (Phi) is 4.71. The van der Waals surface area contributed by atoms with Crippen LogP contribution in [0.5, 0.6) is 5.75 Å². The lowest BCUT2D eigenvalue weighted by molar-refractivity contribution is -0.126. The van der Waals surface area contributed by atoms with E-state index in [0.29, 0.717) is 4.47 Å². The minimum atomic E-state index is -3.92. The first-order valence-electron chi connectivity index (χ1n) is 4.96. The molecule has 0 fully saturated rings. The second-order valence-corrected chi connectivity index (χ2v) is 5.96. The van der Waals surface area contributed by atoms with Crippen LogP contribution in [0.4, 0.5) is 0 Å². The summed E-state index contributed by atoms with van der Waals surface area (Å²) in [6.45, 7) is 1.51. The van der Waals surface area contributed by atoms with Crippen LogP contribution in [0.25, 0.3) is 0 Å². The highest BCUT2D eigenvalue weighted by molar-refractivity contribution is 9.10. The van der Waals surface area contributed by atoms with Crippen LogP contribution in [0.3, 0.4) is 0 Å². The lowest BCUT2D eigenvalue weighted by Crippen LogP contribution is -2.34. The van der Waals surface area contributed by atoms with E-state index in [2.05, 4.69) is 21.2 Å². The summed E-state index contributed by atoms with van der Waals surface area (Å²) in [6.07, 6.45) is -0.823.